The summed E-state index contributed by atoms with van der Waals surface area (Å²) in [5.41, 5.74) is 0.429. The van der Waals surface area contributed by atoms with Gasteiger partial charge in [-0.3, -0.25) is 0 Å². The summed E-state index contributed by atoms with van der Waals surface area (Å²) in [5, 5.41) is 16.0. The second-order valence-corrected chi connectivity index (χ2v) is 6.93. The summed E-state index contributed by atoms with van der Waals surface area (Å²) in [5.74, 6) is 1.22. The summed E-state index contributed by atoms with van der Waals surface area (Å²) < 4.78 is 5.20. The van der Waals surface area contributed by atoms with Crippen LogP contribution in [0.5, 0.6) is 5.75 Å². The van der Waals surface area contributed by atoms with Crippen molar-refractivity contribution in [2.24, 2.45) is 0 Å². The molecule has 0 amide bonds. The molecule has 0 bridgehead atoms. The van der Waals surface area contributed by atoms with Gasteiger partial charge in [0, 0.05) is 17.5 Å². The van der Waals surface area contributed by atoms with Gasteiger partial charge in [-0.2, -0.15) is 0 Å². The third kappa shape index (κ3) is 4.09. The van der Waals surface area contributed by atoms with Crippen molar-refractivity contribution in [2.75, 3.05) is 13.7 Å². The van der Waals surface area contributed by atoms with Crippen molar-refractivity contribution in [1.29, 1.82) is 0 Å². The number of methoxy groups -OCH3 is 1. The molecular weight excluding hydrogens is 294 g/mol. The number of rotatable bonds is 7. The first-order valence-corrected chi connectivity index (χ1v) is 8.45. The fourth-order valence-corrected chi connectivity index (χ4v) is 3.19. The molecule has 0 saturated heterocycles. The number of hydrogen-bond donors (Lipinski definition) is 2. The van der Waals surface area contributed by atoms with Crippen LogP contribution in [-0.2, 0) is 5.60 Å². The lowest BCUT2D eigenvalue weighted by Gasteiger charge is -2.28. The summed E-state index contributed by atoms with van der Waals surface area (Å²) in [6.45, 7) is 6.74. The van der Waals surface area contributed by atoms with E-state index in [2.05, 4.69) is 31.3 Å². The van der Waals surface area contributed by atoms with Crippen LogP contribution in [0.4, 0.5) is 0 Å². The van der Waals surface area contributed by atoms with E-state index in [1.165, 1.54) is 5.56 Å². The topological polar surface area (TPSA) is 41.5 Å². The van der Waals surface area contributed by atoms with E-state index in [0.29, 0.717) is 12.5 Å². The predicted octanol–water partition coefficient (Wildman–Crippen LogP) is 3.75. The number of benzene rings is 1. The van der Waals surface area contributed by atoms with Crippen LogP contribution in [0.1, 0.15) is 37.1 Å². The van der Waals surface area contributed by atoms with Crippen LogP contribution in [0.3, 0.4) is 0 Å². The molecule has 3 atom stereocenters. The third-order valence-corrected chi connectivity index (χ3v) is 5.33. The van der Waals surface area contributed by atoms with Gasteiger partial charge in [0.05, 0.1) is 7.11 Å². The molecule has 2 aromatic rings. The maximum atomic E-state index is 10.6. The van der Waals surface area contributed by atoms with E-state index in [9.17, 15) is 5.11 Å². The molecule has 0 saturated carbocycles. The van der Waals surface area contributed by atoms with E-state index in [-0.39, 0.29) is 6.04 Å². The van der Waals surface area contributed by atoms with Gasteiger partial charge in [0.1, 0.15) is 11.4 Å². The second kappa shape index (κ2) is 7.27. The molecule has 4 heteroatoms. The summed E-state index contributed by atoms with van der Waals surface area (Å²) >= 11 is 1.59. The highest BCUT2D eigenvalue weighted by Crippen LogP contribution is 2.26. The minimum atomic E-state index is -0.831. The highest BCUT2D eigenvalue weighted by atomic mass is 32.1. The Bertz CT molecular complexity index is 563. The maximum absolute atomic E-state index is 10.6. The molecule has 22 heavy (non-hydrogen) atoms. The molecule has 2 rings (SSSR count). The predicted molar refractivity (Wildman–Crippen MR) is 92.8 cm³/mol. The average molecular weight is 319 g/mol. The molecule has 0 aliphatic carbocycles. The van der Waals surface area contributed by atoms with Gasteiger partial charge in [-0.25, -0.2) is 0 Å². The molecule has 3 nitrogen and oxygen atoms in total. The van der Waals surface area contributed by atoms with Gasteiger partial charge in [-0.05, 0) is 48.9 Å². The highest BCUT2D eigenvalue weighted by Gasteiger charge is 2.25. The van der Waals surface area contributed by atoms with Crippen LogP contribution in [0, 0.1) is 0 Å². The molecule has 1 aromatic heterocycles. The van der Waals surface area contributed by atoms with Gasteiger partial charge < -0.3 is 15.2 Å². The lowest BCUT2D eigenvalue weighted by molar-refractivity contribution is 0.0573. The minimum absolute atomic E-state index is 0.264. The van der Waals surface area contributed by atoms with Crippen molar-refractivity contribution in [3.63, 3.8) is 0 Å². The number of nitrogens with one attached hydrogen (secondary N) is 1. The molecule has 0 radical (unpaired) electrons. The van der Waals surface area contributed by atoms with Gasteiger partial charge in [-0.15, -0.1) is 11.3 Å². The summed E-state index contributed by atoms with van der Waals surface area (Å²) in [7, 11) is 1.68. The van der Waals surface area contributed by atoms with Crippen molar-refractivity contribution < 1.29 is 9.84 Å². The standard InChI is InChI=1S/C18H25NO2S/c1-13(15-7-9-16(21-4)10-8-15)14(2)19-12-18(3,20)17-6-5-11-22-17/h5-11,13-14,19-20H,12H2,1-4H3. The molecule has 2 N–H and O–H groups in total. The maximum Gasteiger partial charge on any atom is 0.118 e. The smallest absolute Gasteiger partial charge is 0.118 e. The zero-order valence-corrected chi connectivity index (χ0v) is 14.5. The minimum Gasteiger partial charge on any atom is -0.497 e. The Morgan fingerprint density at radius 2 is 1.91 bits per heavy atom. The van der Waals surface area contributed by atoms with Crippen LogP contribution in [0.25, 0.3) is 0 Å². The van der Waals surface area contributed by atoms with Crippen LogP contribution >= 0.6 is 11.3 Å². The first-order chi connectivity index (χ1) is 10.4. The van der Waals surface area contributed by atoms with Gasteiger partial charge in [0.25, 0.3) is 0 Å². The molecule has 1 heterocycles. The van der Waals surface area contributed by atoms with Gasteiger partial charge in [0.15, 0.2) is 0 Å². The van der Waals surface area contributed by atoms with Crippen molar-refractivity contribution in [3.8, 4) is 5.75 Å². The lowest BCUT2D eigenvalue weighted by atomic mass is 9.93. The Labute approximate surface area is 137 Å². The first kappa shape index (κ1) is 17.0. The van der Waals surface area contributed by atoms with Crippen LogP contribution < -0.4 is 10.1 Å². The van der Waals surface area contributed by atoms with E-state index in [1.807, 2.05) is 36.6 Å². The lowest BCUT2D eigenvalue weighted by Crippen LogP contribution is -2.41. The van der Waals surface area contributed by atoms with Crippen molar-refractivity contribution in [2.45, 2.75) is 38.3 Å². The Morgan fingerprint density at radius 1 is 1.23 bits per heavy atom. The van der Waals surface area contributed by atoms with Gasteiger partial charge >= 0.3 is 0 Å². The van der Waals surface area contributed by atoms with E-state index in [4.69, 9.17) is 4.74 Å². The summed E-state index contributed by atoms with van der Waals surface area (Å²) in [6.07, 6.45) is 0. The zero-order chi connectivity index (χ0) is 16.2. The average Bonchev–Trinajstić information content (AvgIpc) is 3.07. The molecule has 0 fully saturated rings. The fraction of sp³-hybridized carbons (Fsp3) is 0.444. The SMILES string of the molecule is COc1ccc(C(C)C(C)NCC(C)(O)c2cccs2)cc1. The Hall–Kier alpha value is -1.36. The zero-order valence-electron chi connectivity index (χ0n) is 13.7. The van der Waals surface area contributed by atoms with Crippen LogP contribution in [0.15, 0.2) is 41.8 Å². The quantitative estimate of drug-likeness (QED) is 0.817. The molecule has 0 aliphatic heterocycles. The number of ether oxygens (including phenoxy) is 1. The molecule has 1 aromatic carbocycles. The molecule has 120 valence electrons. The van der Waals surface area contributed by atoms with Gasteiger partial charge in [0.2, 0.25) is 0 Å². The normalized spacial score (nSPS) is 16.8. The molecule has 3 unspecified atom stereocenters. The van der Waals surface area contributed by atoms with E-state index in [1.54, 1.807) is 18.4 Å². The molecule has 0 spiro atoms. The number of thiophene rings is 1. The number of hydrogen-bond acceptors (Lipinski definition) is 4. The Kier molecular flexibility index (Phi) is 5.62. The largest absolute Gasteiger partial charge is 0.497 e. The van der Waals surface area contributed by atoms with Crippen molar-refractivity contribution in [1.82, 2.24) is 5.32 Å². The van der Waals surface area contributed by atoms with E-state index in [0.717, 1.165) is 10.6 Å². The van der Waals surface area contributed by atoms with E-state index < -0.39 is 5.60 Å². The van der Waals surface area contributed by atoms with Crippen molar-refractivity contribution >= 4 is 11.3 Å². The monoisotopic (exact) mass is 319 g/mol. The Morgan fingerprint density at radius 3 is 2.45 bits per heavy atom. The Balaban J connectivity index is 1.94. The van der Waals surface area contributed by atoms with Crippen LogP contribution in [-0.4, -0.2) is 24.8 Å². The highest BCUT2D eigenvalue weighted by molar-refractivity contribution is 7.10. The van der Waals surface area contributed by atoms with Crippen molar-refractivity contribution in [3.05, 3.63) is 52.2 Å². The van der Waals surface area contributed by atoms with Gasteiger partial charge in [-0.1, -0.05) is 25.1 Å². The summed E-state index contributed by atoms with van der Waals surface area (Å²) in [4.78, 5) is 0.990. The van der Waals surface area contributed by atoms with Crippen LogP contribution in [0.2, 0.25) is 0 Å². The summed E-state index contributed by atoms with van der Waals surface area (Å²) in [6, 6.07) is 12.4. The molecule has 0 aliphatic rings. The first-order valence-electron chi connectivity index (χ1n) is 7.58. The second-order valence-electron chi connectivity index (χ2n) is 5.98. The van der Waals surface area contributed by atoms with E-state index >= 15 is 0 Å². The fourth-order valence-electron chi connectivity index (χ4n) is 2.40. The third-order valence-electron chi connectivity index (χ3n) is 4.21. The number of aliphatic hydroxyl groups is 1. The molecular formula is C18H25NO2S.